The summed E-state index contributed by atoms with van der Waals surface area (Å²) >= 11 is 0. The Bertz CT molecular complexity index is 893. The third-order valence-electron chi connectivity index (χ3n) is 5.47. The lowest BCUT2D eigenvalue weighted by atomic mass is 9.97. The average Bonchev–Trinajstić information content (AvgIpc) is 2.65. The summed E-state index contributed by atoms with van der Waals surface area (Å²) in [6.45, 7) is 8.38. The van der Waals surface area contributed by atoms with Crippen molar-refractivity contribution < 1.29 is 13.2 Å². The molecule has 1 fully saturated rings. The van der Waals surface area contributed by atoms with Crippen molar-refractivity contribution in [2.75, 3.05) is 13.1 Å². The SMILES string of the molecule is CCC[C@H](c1nc2cnc(C(F)(F)F)cc2c(=O)n1CC)N1CCC[C@@H](C)C1. The Kier molecular flexibility index (Phi) is 6.07. The quantitative estimate of drug-likeness (QED) is 0.752. The third kappa shape index (κ3) is 4.06. The van der Waals surface area contributed by atoms with Crippen LogP contribution in [0.15, 0.2) is 17.1 Å². The Labute approximate surface area is 162 Å². The average molecular weight is 396 g/mol. The van der Waals surface area contributed by atoms with Gasteiger partial charge in [-0.25, -0.2) is 9.97 Å². The van der Waals surface area contributed by atoms with Gasteiger partial charge < -0.3 is 0 Å². The van der Waals surface area contributed by atoms with E-state index in [4.69, 9.17) is 0 Å². The molecular weight excluding hydrogens is 369 g/mol. The fraction of sp³-hybridized carbons (Fsp3) is 0.650. The summed E-state index contributed by atoms with van der Waals surface area (Å²) in [6.07, 6.45) is 0.542. The maximum Gasteiger partial charge on any atom is 0.433 e. The monoisotopic (exact) mass is 396 g/mol. The van der Waals surface area contributed by atoms with E-state index in [1.807, 2.05) is 6.92 Å². The minimum absolute atomic E-state index is 0.0212. The topological polar surface area (TPSA) is 51.0 Å². The van der Waals surface area contributed by atoms with Gasteiger partial charge in [0.05, 0.1) is 23.1 Å². The first kappa shape index (κ1) is 20.8. The van der Waals surface area contributed by atoms with Crippen molar-refractivity contribution in [2.24, 2.45) is 5.92 Å². The normalized spacial score (nSPS) is 19.9. The number of rotatable bonds is 5. The highest BCUT2D eigenvalue weighted by Crippen LogP contribution is 2.31. The van der Waals surface area contributed by atoms with Crippen molar-refractivity contribution in [2.45, 2.75) is 65.2 Å². The number of alkyl halides is 3. The molecule has 0 aromatic carbocycles. The minimum atomic E-state index is -4.59. The summed E-state index contributed by atoms with van der Waals surface area (Å²) in [6, 6.07) is 0.797. The van der Waals surface area contributed by atoms with Crippen LogP contribution in [0.1, 0.15) is 64.0 Å². The zero-order chi connectivity index (χ0) is 20.5. The van der Waals surface area contributed by atoms with Crippen molar-refractivity contribution in [1.82, 2.24) is 19.4 Å². The largest absolute Gasteiger partial charge is 0.433 e. The number of halogens is 3. The molecule has 2 atom stereocenters. The smallest absolute Gasteiger partial charge is 0.295 e. The van der Waals surface area contributed by atoms with Gasteiger partial charge in [0.1, 0.15) is 11.5 Å². The molecule has 0 radical (unpaired) electrons. The van der Waals surface area contributed by atoms with Gasteiger partial charge in [0.25, 0.3) is 5.56 Å². The molecular formula is C20H27F3N4O. The van der Waals surface area contributed by atoms with Crippen LogP contribution in [0.5, 0.6) is 0 Å². The first-order valence-corrected chi connectivity index (χ1v) is 9.98. The fourth-order valence-electron chi connectivity index (χ4n) is 4.11. The van der Waals surface area contributed by atoms with Gasteiger partial charge in [-0.15, -0.1) is 0 Å². The number of hydrogen-bond acceptors (Lipinski definition) is 4. The van der Waals surface area contributed by atoms with Crippen LogP contribution in [0, 0.1) is 5.92 Å². The molecule has 0 saturated carbocycles. The summed E-state index contributed by atoms with van der Waals surface area (Å²) in [5.41, 5.74) is -1.27. The summed E-state index contributed by atoms with van der Waals surface area (Å²) in [5.74, 6) is 1.21. The van der Waals surface area contributed by atoms with Crippen LogP contribution in [0.4, 0.5) is 13.2 Å². The van der Waals surface area contributed by atoms with Crippen LogP contribution < -0.4 is 5.56 Å². The zero-order valence-electron chi connectivity index (χ0n) is 16.6. The molecule has 2 aromatic heterocycles. The molecule has 0 spiro atoms. The van der Waals surface area contributed by atoms with E-state index in [1.54, 1.807) is 0 Å². The Morgan fingerprint density at radius 3 is 2.68 bits per heavy atom. The molecule has 5 nitrogen and oxygen atoms in total. The van der Waals surface area contributed by atoms with Crippen LogP contribution in [0.3, 0.4) is 0 Å². The molecule has 0 N–H and O–H groups in total. The van der Waals surface area contributed by atoms with E-state index in [0.717, 1.165) is 44.6 Å². The molecule has 3 rings (SSSR count). The van der Waals surface area contributed by atoms with Gasteiger partial charge in [0, 0.05) is 13.1 Å². The Morgan fingerprint density at radius 2 is 2.07 bits per heavy atom. The van der Waals surface area contributed by atoms with E-state index in [9.17, 15) is 18.0 Å². The Morgan fingerprint density at radius 1 is 1.32 bits per heavy atom. The molecule has 1 aliphatic rings. The molecule has 8 heteroatoms. The second-order valence-corrected chi connectivity index (χ2v) is 7.65. The van der Waals surface area contributed by atoms with Crippen LogP contribution in [0.25, 0.3) is 10.9 Å². The number of pyridine rings is 1. The van der Waals surface area contributed by atoms with E-state index in [-0.39, 0.29) is 16.9 Å². The first-order chi connectivity index (χ1) is 13.3. The lowest BCUT2D eigenvalue weighted by Crippen LogP contribution is -2.40. The Hall–Kier alpha value is -1.96. The maximum absolute atomic E-state index is 13.0. The molecule has 0 bridgehead atoms. The molecule has 0 unspecified atom stereocenters. The van der Waals surface area contributed by atoms with Gasteiger partial charge in [-0.05, 0) is 44.7 Å². The van der Waals surface area contributed by atoms with Crippen molar-refractivity contribution >= 4 is 10.9 Å². The maximum atomic E-state index is 13.0. The molecule has 0 aliphatic carbocycles. The van der Waals surface area contributed by atoms with Crippen molar-refractivity contribution in [3.05, 3.63) is 34.1 Å². The molecule has 2 aromatic rings. The summed E-state index contributed by atoms with van der Waals surface area (Å²) in [4.78, 5) is 23.5. The van der Waals surface area contributed by atoms with Gasteiger partial charge >= 0.3 is 6.18 Å². The lowest BCUT2D eigenvalue weighted by Gasteiger charge is -2.37. The van der Waals surface area contributed by atoms with E-state index in [1.165, 1.54) is 11.0 Å². The van der Waals surface area contributed by atoms with Gasteiger partial charge in [-0.3, -0.25) is 14.3 Å². The highest BCUT2D eigenvalue weighted by molar-refractivity contribution is 5.77. The van der Waals surface area contributed by atoms with Gasteiger partial charge in [-0.2, -0.15) is 13.2 Å². The summed E-state index contributed by atoms with van der Waals surface area (Å²) in [7, 11) is 0. The number of piperidine rings is 1. The van der Waals surface area contributed by atoms with Crippen LogP contribution in [0.2, 0.25) is 0 Å². The summed E-state index contributed by atoms with van der Waals surface area (Å²) in [5, 5.41) is -0.0322. The number of hydrogen-bond donors (Lipinski definition) is 0. The first-order valence-electron chi connectivity index (χ1n) is 9.98. The van der Waals surface area contributed by atoms with Crippen molar-refractivity contribution in [1.29, 1.82) is 0 Å². The summed E-state index contributed by atoms with van der Waals surface area (Å²) < 4.78 is 40.6. The third-order valence-corrected chi connectivity index (χ3v) is 5.47. The van der Waals surface area contributed by atoms with Crippen molar-refractivity contribution in [3.63, 3.8) is 0 Å². The number of likely N-dealkylation sites (tertiary alicyclic amines) is 1. The van der Waals surface area contributed by atoms with Crippen LogP contribution in [-0.4, -0.2) is 32.5 Å². The Balaban J connectivity index is 2.14. The number of aromatic nitrogens is 3. The second-order valence-electron chi connectivity index (χ2n) is 7.65. The van der Waals surface area contributed by atoms with E-state index in [0.29, 0.717) is 18.3 Å². The number of fused-ring (bicyclic) bond motifs is 1. The fourth-order valence-corrected chi connectivity index (χ4v) is 4.11. The number of nitrogens with zero attached hydrogens (tertiary/aromatic N) is 4. The molecule has 28 heavy (non-hydrogen) atoms. The highest BCUT2D eigenvalue weighted by Gasteiger charge is 2.34. The second kappa shape index (κ2) is 8.19. The van der Waals surface area contributed by atoms with Crippen LogP contribution >= 0.6 is 0 Å². The van der Waals surface area contributed by atoms with Crippen LogP contribution in [-0.2, 0) is 12.7 Å². The lowest BCUT2D eigenvalue weighted by molar-refractivity contribution is -0.141. The standard InChI is InChI=1S/C20H27F3N4O/c1-4-7-16(26-9-6-8-13(3)12-26)18-25-15-11-24-17(20(21,22)23)10-14(15)19(28)27(18)5-2/h10-11,13,16H,4-9,12H2,1-3H3/t13-,16-/m1/s1. The zero-order valence-corrected chi connectivity index (χ0v) is 16.6. The van der Waals surface area contributed by atoms with E-state index >= 15 is 0 Å². The van der Waals surface area contributed by atoms with Crippen molar-refractivity contribution in [3.8, 4) is 0 Å². The van der Waals surface area contributed by atoms with Gasteiger partial charge in [-0.1, -0.05) is 20.3 Å². The van der Waals surface area contributed by atoms with Gasteiger partial charge in [0.2, 0.25) is 0 Å². The van der Waals surface area contributed by atoms with E-state index < -0.39 is 17.4 Å². The molecule has 1 aliphatic heterocycles. The minimum Gasteiger partial charge on any atom is -0.295 e. The molecule has 154 valence electrons. The predicted octanol–water partition coefficient (Wildman–Crippen LogP) is 4.40. The van der Waals surface area contributed by atoms with E-state index in [2.05, 4.69) is 28.7 Å². The molecule has 0 amide bonds. The highest BCUT2D eigenvalue weighted by atomic mass is 19.4. The molecule has 3 heterocycles. The molecule has 1 saturated heterocycles. The predicted molar refractivity (Wildman–Crippen MR) is 102 cm³/mol. The van der Waals surface area contributed by atoms with Gasteiger partial charge in [0.15, 0.2) is 0 Å².